The van der Waals surface area contributed by atoms with Gasteiger partial charge < -0.3 is 10.6 Å². The van der Waals surface area contributed by atoms with Crippen molar-refractivity contribution in [3.63, 3.8) is 0 Å². The predicted octanol–water partition coefficient (Wildman–Crippen LogP) is 0.571. The number of rotatable bonds is 4. The fraction of sp³-hybridized carbons (Fsp3) is 0.412. The lowest BCUT2D eigenvalue weighted by atomic mass is 10.1. The molecule has 1 aliphatic heterocycles. The van der Waals surface area contributed by atoms with E-state index in [4.69, 9.17) is 0 Å². The molecule has 1 aliphatic rings. The molecule has 1 aromatic heterocycles. The van der Waals surface area contributed by atoms with Crippen molar-refractivity contribution in [3.8, 4) is 0 Å². The SMILES string of the molecule is O=C(CCn1cnc2ccccc2c1=O)NC1CCCCNC1=O. The molecular weight excluding hydrogens is 308 g/mol. The van der Waals surface area contributed by atoms with E-state index in [0.717, 1.165) is 12.8 Å². The molecule has 2 aromatic rings. The summed E-state index contributed by atoms with van der Waals surface area (Å²) in [5, 5.41) is 6.06. The largest absolute Gasteiger partial charge is 0.354 e. The molecule has 0 spiro atoms. The number of nitrogens with zero attached hydrogens (tertiary/aromatic N) is 2. The van der Waals surface area contributed by atoms with E-state index in [2.05, 4.69) is 15.6 Å². The number of para-hydroxylation sites is 1. The Morgan fingerprint density at radius 3 is 3.00 bits per heavy atom. The van der Waals surface area contributed by atoms with Crippen molar-refractivity contribution in [1.82, 2.24) is 20.2 Å². The highest BCUT2D eigenvalue weighted by molar-refractivity contribution is 5.87. The Morgan fingerprint density at radius 1 is 1.29 bits per heavy atom. The lowest BCUT2D eigenvalue weighted by molar-refractivity contribution is -0.128. The molecule has 1 saturated heterocycles. The first-order valence-corrected chi connectivity index (χ1v) is 8.16. The molecule has 2 N–H and O–H groups in total. The van der Waals surface area contributed by atoms with E-state index in [1.54, 1.807) is 18.2 Å². The van der Waals surface area contributed by atoms with Crippen LogP contribution in [0.4, 0.5) is 0 Å². The molecule has 24 heavy (non-hydrogen) atoms. The topological polar surface area (TPSA) is 93.1 Å². The minimum atomic E-state index is -0.480. The van der Waals surface area contributed by atoms with Crippen LogP contribution in [-0.4, -0.2) is 34.0 Å². The summed E-state index contributed by atoms with van der Waals surface area (Å²) in [6.07, 6.45) is 4.06. The van der Waals surface area contributed by atoms with E-state index >= 15 is 0 Å². The van der Waals surface area contributed by atoms with Crippen LogP contribution in [0.3, 0.4) is 0 Å². The maximum absolute atomic E-state index is 12.4. The second-order valence-corrected chi connectivity index (χ2v) is 5.92. The summed E-state index contributed by atoms with van der Waals surface area (Å²) in [5.41, 5.74) is 0.471. The second kappa shape index (κ2) is 7.25. The first-order valence-electron chi connectivity index (χ1n) is 8.16. The van der Waals surface area contributed by atoms with Gasteiger partial charge in [0.25, 0.3) is 5.56 Å². The number of hydrogen-bond acceptors (Lipinski definition) is 4. The Bertz CT molecular complexity index is 815. The summed E-state index contributed by atoms with van der Waals surface area (Å²) < 4.78 is 1.43. The number of amides is 2. The molecule has 1 aromatic carbocycles. The third-order valence-corrected chi connectivity index (χ3v) is 4.18. The Labute approximate surface area is 139 Å². The van der Waals surface area contributed by atoms with E-state index < -0.39 is 6.04 Å². The Morgan fingerprint density at radius 2 is 2.12 bits per heavy atom. The number of fused-ring (bicyclic) bond motifs is 1. The minimum Gasteiger partial charge on any atom is -0.354 e. The van der Waals surface area contributed by atoms with E-state index in [9.17, 15) is 14.4 Å². The van der Waals surface area contributed by atoms with E-state index in [1.165, 1.54) is 10.9 Å². The molecule has 3 rings (SSSR count). The highest BCUT2D eigenvalue weighted by Crippen LogP contribution is 2.07. The number of carbonyl (C=O) groups is 2. The highest BCUT2D eigenvalue weighted by Gasteiger charge is 2.22. The van der Waals surface area contributed by atoms with E-state index in [-0.39, 0.29) is 30.3 Å². The van der Waals surface area contributed by atoms with Gasteiger partial charge in [-0.15, -0.1) is 0 Å². The Hall–Kier alpha value is -2.70. The second-order valence-electron chi connectivity index (χ2n) is 5.92. The molecule has 1 atom stereocenters. The van der Waals surface area contributed by atoms with Crippen LogP contribution in [0.2, 0.25) is 0 Å². The molecule has 0 aliphatic carbocycles. The smallest absolute Gasteiger partial charge is 0.261 e. The van der Waals surface area contributed by atoms with E-state index in [0.29, 0.717) is 23.9 Å². The summed E-state index contributed by atoms with van der Waals surface area (Å²) in [6.45, 7) is 0.889. The van der Waals surface area contributed by atoms with Crippen molar-refractivity contribution in [1.29, 1.82) is 0 Å². The Kier molecular flexibility index (Phi) is 4.88. The predicted molar refractivity (Wildman–Crippen MR) is 89.4 cm³/mol. The minimum absolute atomic E-state index is 0.129. The maximum atomic E-state index is 12.4. The van der Waals surface area contributed by atoms with Crippen LogP contribution in [0, 0.1) is 0 Å². The van der Waals surface area contributed by atoms with Crippen LogP contribution in [0.1, 0.15) is 25.7 Å². The molecule has 0 bridgehead atoms. The normalized spacial score (nSPS) is 18.0. The van der Waals surface area contributed by atoms with Crippen LogP contribution in [0.5, 0.6) is 0 Å². The van der Waals surface area contributed by atoms with Crippen molar-refractivity contribution in [2.75, 3.05) is 6.54 Å². The van der Waals surface area contributed by atoms with Crippen LogP contribution < -0.4 is 16.2 Å². The quantitative estimate of drug-likeness (QED) is 0.858. The molecule has 1 unspecified atom stereocenters. The average molecular weight is 328 g/mol. The Balaban J connectivity index is 1.63. The van der Waals surface area contributed by atoms with Crippen molar-refractivity contribution in [3.05, 3.63) is 40.9 Å². The molecule has 1 fully saturated rings. The van der Waals surface area contributed by atoms with Gasteiger partial charge in [-0.2, -0.15) is 0 Å². The van der Waals surface area contributed by atoms with Crippen LogP contribution >= 0.6 is 0 Å². The van der Waals surface area contributed by atoms with Gasteiger partial charge in [0.15, 0.2) is 0 Å². The van der Waals surface area contributed by atoms with Crippen LogP contribution in [-0.2, 0) is 16.1 Å². The maximum Gasteiger partial charge on any atom is 0.261 e. The zero-order chi connectivity index (χ0) is 16.9. The molecule has 2 amide bonds. The van der Waals surface area contributed by atoms with Crippen molar-refractivity contribution in [2.24, 2.45) is 0 Å². The molecular formula is C17H20N4O3. The van der Waals surface area contributed by atoms with Gasteiger partial charge in [-0.3, -0.25) is 19.0 Å². The van der Waals surface area contributed by atoms with Gasteiger partial charge in [-0.1, -0.05) is 12.1 Å². The zero-order valence-corrected chi connectivity index (χ0v) is 13.3. The van der Waals surface area contributed by atoms with Crippen molar-refractivity contribution < 1.29 is 9.59 Å². The fourth-order valence-electron chi connectivity index (χ4n) is 2.83. The van der Waals surface area contributed by atoms with Crippen molar-refractivity contribution >= 4 is 22.7 Å². The van der Waals surface area contributed by atoms with Gasteiger partial charge in [0.2, 0.25) is 11.8 Å². The summed E-state index contributed by atoms with van der Waals surface area (Å²) in [4.78, 5) is 40.5. The molecule has 0 saturated carbocycles. The third-order valence-electron chi connectivity index (χ3n) is 4.18. The van der Waals surface area contributed by atoms with Crippen LogP contribution in [0.15, 0.2) is 35.4 Å². The highest BCUT2D eigenvalue weighted by atomic mass is 16.2. The monoisotopic (exact) mass is 328 g/mol. The lowest BCUT2D eigenvalue weighted by Gasteiger charge is -2.15. The number of carbonyl (C=O) groups excluding carboxylic acids is 2. The van der Waals surface area contributed by atoms with Gasteiger partial charge in [0, 0.05) is 19.5 Å². The number of aryl methyl sites for hydroxylation is 1. The summed E-state index contributed by atoms with van der Waals surface area (Å²) in [6, 6.07) is 6.62. The zero-order valence-electron chi connectivity index (χ0n) is 13.3. The van der Waals surface area contributed by atoms with Gasteiger partial charge >= 0.3 is 0 Å². The molecule has 2 heterocycles. The third kappa shape index (κ3) is 3.61. The first kappa shape index (κ1) is 16.2. The summed E-state index contributed by atoms with van der Waals surface area (Å²) >= 11 is 0. The summed E-state index contributed by atoms with van der Waals surface area (Å²) in [7, 11) is 0. The van der Waals surface area contributed by atoms with E-state index in [1.807, 2.05) is 6.07 Å². The van der Waals surface area contributed by atoms with Gasteiger partial charge in [-0.05, 0) is 31.4 Å². The molecule has 126 valence electrons. The summed E-state index contributed by atoms with van der Waals surface area (Å²) in [5.74, 6) is -0.373. The number of hydrogen-bond donors (Lipinski definition) is 2. The number of nitrogens with one attached hydrogen (secondary N) is 2. The van der Waals surface area contributed by atoms with Gasteiger partial charge in [0.05, 0.1) is 17.2 Å². The van der Waals surface area contributed by atoms with Gasteiger partial charge in [0.1, 0.15) is 6.04 Å². The number of benzene rings is 1. The first-order chi connectivity index (χ1) is 11.6. The molecule has 7 heteroatoms. The number of aromatic nitrogens is 2. The molecule has 0 radical (unpaired) electrons. The van der Waals surface area contributed by atoms with Crippen molar-refractivity contribution in [2.45, 2.75) is 38.3 Å². The molecule has 7 nitrogen and oxygen atoms in total. The van der Waals surface area contributed by atoms with Crippen LogP contribution in [0.25, 0.3) is 10.9 Å². The average Bonchev–Trinajstić information content (AvgIpc) is 2.79. The lowest BCUT2D eigenvalue weighted by Crippen LogP contribution is -2.45. The van der Waals surface area contributed by atoms with Gasteiger partial charge in [-0.25, -0.2) is 4.98 Å². The fourth-order valence-corrected chi connectivity index (χ4v) is 2.83. The standard InChI is InChI=1S/C17H20N4O3/c22-15(20-14-7-3-4-9-18-16(14)23)8-10-21-11-19-13-6-2-1-5-12(13)17(21)24/h1-2,5-6,11,14H,3-4,7-10H2,(H,18,23)(H,20,22).